The number of hydrogen-bond acceptors (Lipinski definition) is 6. The largest absolute Gasteiger partial charge is 0.479 e. The van der Waals surface area contributed by atoms with Crippen LogP contribution in [0.25, 0.3) is 10.9 Å². The summed E-state index contributed by atoms with van der Waals surface area (Å²) in [6.07, 6.45) is -3.13. The Bertz CT molecular complexity index is 1590. The van der Waals surface area contributed by atoms with Crippen LogP contribution in [0.5, 0.6) is 0 Å². The van der Waals surface area contributed by atoms with Crippen LogP contribution in [-0.4, -0.2) is 70.0 Å². The van der Waals surface area contributed by atoms with Crippen molar-refractivity contribution in [2.24, 2.45) is 17.4 Å². The van der Waals surface area contributed by atoms with E-state index < -0.39 is 71.2 Å². The summed E-state index contributed by atoms with van der Waals surface area (Å²) in [6, 6.07) is 8.92. The molecular formula is C26H25ClFN5O8. The van der Waals surface area contributed by atoms with E-state index in [-0.39, 0.29) is 34.5 Å². The molecule has 1 aliphatic rings. The molecule has 0 spiro atoms. The average molecular weight is 590 g/mol. The lowest BCUT2D eigenvalue weighted by atomic mass is 9.69. The first-order valence-corrected chi connectivity index (χ1v) is 12.5. The number of carbonyl (C=O) groups excluding carboxylic acids is 3. The van der Waals surface area contributed by atoms with Gasteiger partial charge in [-0.1, -0.05) is 41.9 Å². The Kier molecular flexibility index (Phi) is 7.79. The van der Waals surface area contributed by atoms with Gasteiger partial charge in [0.2, 0.25) is 0 Å². The Hall–Kier alpha value is -4.85. The summed E-state index contributed by atoms with van der Waals surface area (Å²) in [6.45, 7) is -1.06. The number of nitrogens with zero attached hydrogens (tertiary/aromatic N) is 2. The lowest BCUT2D eigenvalue weighted by Gasteiger charge is -2.41. The molecule has 15 heteroatoms. The number of para-hydroxylation sites is 1. The summed E-state index contributed by atoms with van der Waals surface area (Å²) >= 11 is 6.02. The van der Waals surface area contributed by atoms with Crippen molar-refractivity contribution in [3.63, 3.8) is 0 Å². The van der Waals surface area contributed by atoms with E-state index in [0.717, 1.165) is 4.57 Å². The van der Waals surface area contributed by atoms with Gasteiger partial charge in [-0.25, -0.2) is 23.6 Å². The molecule has 4 rings (SSSR count). The molecule has 216 valence electrons. The number of aliphatic carboxylic acids is 1. The molecule has 0 saturated carbocycles. The second-order valence-electron chi connectivity index (χ2n) is 9.28. The van der Waals surface area contributed by atoms with Gasteiger partial charge in [-0.15, -0.1) is 0 Å². The van der Waals surface area contributed by atoms with Crippen LogP contribution < -0.4 is 16.8 Å². The molecule has 1 aliphatic heterocycles. The summed E-state index contributed by atoms with van der Waals surface area (Å²) in [5.74, 6) is -6.66. The third-order valence-corrected chi connectivity index (χ3v) is 7.65. The zero-order chi connectivity index (χ0) is 30.2. The van der Waals surface area contributed by atoms with E-state index in [0.29, 0.717) is 4.90 Å². The summed E-state index contributed by atoms with van der Waals surface area (Å²) in [5.41, 5.74) is 7.16. The number of carboxylic acid groups (broad SMARTS) is 2. The third-order valence-electron chi connectivity index (χ3n) is 7.36. The van der Waals surface area contributed by atoms with Gasteiger partial charge < -0.3 is 31.7 Å². The lowest BCUT2D eigenvalue weighted by molar-refractivity contribution is -0.152. The number of carboxylic acids is 1. The number of amides is 4. The molecule has 0 aliphatic carbocycles. The fourth-order valence-corrected chi connectivity index (χ4v) is 6.06. The second-order valence-corrected chi connectivity index (χ2v) is 9.68. The van der Waals surface area contributed by atoms with Crippen molar-refractivity contribution in [3.05, 3.63) is 70.1 Å². The zero-order valence-corrected chi connectivity index (χ0v) is 22.2. The van der Waals surface area contributed by atoms with E-state index in [1.165, 1.54) is 49.5 Å². The van der Waals surface area contributed by atoms with Crippen LogP contribution in [0.2, 0.25) is 5.02 Å². The molecule has 0 radical (unpaired) electrons. The summed E-state index contributed by atoms with van der Waals surface area (Å²) in [4.78, 5) is 64.4. The molecule has 1 saturated heterocycles. The maximum atomic E-state index is 15.4. The maximum absolute atomic E-state index is 15.4. The van der Waals surface area contributed by atoms with Crippen molar-refractivity contribution >= 4 is 52.6 Å². The molecule has 1 aromatic heterocycles. The Balaban J connectivity index is 2.18. The number of fused-ring (bicyclic) bond motifs is 1. The first kappa shape index (κ1) is 29.1. The predicted octanol–water partition coefficient (Wildman–Crippen LogP) is 2.88. The van der Waals surface area contributed by atoms with E-state index >= 15 is 4.39 Å². The molecule has 7 N–H and O–H groups in total. The minimum absolute atomic E-state index is 0.0339. The molecule has 2 aromatic carbocycles. The van der Waals surface area contributed by atoms with Crippen LogP contribution in [0, 0.1) is 11.7 Å². The molecule has 1 fully saturated rings. The number of aromatic nitrogens is 1. The van der Waals surface area contributed by atoms with Gasteiger partial charge in [0, 0.05) is 36.4 Å². The van der Waals surface area contributed by atoms with Crippen LogP contribution in [0.15, 0.2) is 42.5 Å². The highest BCUT2D eigenvalue weighted by Crippen LogP contribution is 2.54. The van der Waals surface area contributed by atoms with Crippen molar-refractivity contribution in [1.29, 1.82) is 0 Å². The van der Waals surface area contributed by atoms with Gasteiger partial charge in [0.1, 0.15) is 18.1 Å². The van der Waals surface area contributed by atoms with Gasteiger partial charge in [0.15, 0.2) is 5.54 Å². The Labute approximate surface area is 236 Å². The molecular weight excluding hydrogens is 565 g/mol. The molecule has 1 unspecified atom stereocenters. The minimum atomic E-state index is -2.64. The first-order chi connectivity index (χ1) is 19.4. The number of halogens is 2. The van der Waals surface area contributed by atoms with Crippen molar-refractivity contribution in [3.8, 4) is 0 Å². The fraction of sp³-hybridized carbons (Fsp3) is 0.269. The average Bonchev–Trinajstić information content (AvgIpc) is 3.48. The number of primary amides is 2. The number of rotatable bonds is 7. The third kappa shape index (κ3) is 4.55. The standard InChI is InChI=1S/C26H25ClFN5O8/c1-31-24(38)33-17-8-3-2-5-13(17)18(20(33)21(29)34)26(22(35)36)15(9-10-32(26)25(39)40)14(11-41-23(30)37)12-6-4-7-16(27)19(12)28/h2-8,14-15H,9-11H2,1H3,(H2,29,34)(H2,30,37)(H,31,38)(H,35,36)(H,39,40)/t14-,15?,26+/m1/s1. The van der Waals surface area contributed by atoms with E-state index in [9.17, 15) is 34.2 Å². The van der Waals surface area contributed by atoms with Gasteiger partial charge in [-0.2, -0.15) is 0 Å². The fourth-order valence-electron chi connectivity index (χ4n) is 5.88. The highest BCUT2D eigenvalue weighted by molar-refractivity contribution is 6.30. The van der Waals surface area contributed by atoms with Crippen LogP contribution >= 0.6 is 11.6 Å². The molecule has 0 bridgehead atoms. The van der Waals surface area contributed by atoms with Gasteiger partial charge in [0.25, 0.3) is 5.91 Å². The SMILES string of the molecule is CNC(=O)n1c(C(N)=O)c([C@]2(C(=O)O)C([C@H](COC(N)=O)c3cccc(Cl)c3F)CCN2C(=O)O)c2ccccc21. The number of nitrogens with two attached hydrogens (primary N) is 2. The number of benzene rings is 2. The van der Waals surface area contributed by atoms with Crippen molar-refractivity contribution < 1.29 is 43.3 Å². The van der Waals surface area contributed by atoms with Crippen LogP contribution in [0.1, 0.15) is 34.0 Å². The maximum Gasteiger partial charge on any atom is 0.408 e. The van der Waals surface area contributed by atoms with Gasteiger partial charge in [-0.05, 0) is 24.1 Å². The Morgan fingerprint density at radius 3 is 2.41 bits per heavy atom. The lowest BCUT2D eigenvalue weighted by Crippen LogP contribution is -2.56. The molecule has 3 atom stereocenters. The van der Waals surface area contributed by atoms with Crippen LogP contribution in [-0.2, 0) is 15.1 Å². The quantitative estimate of drug-likeness (QED) is 0.276. The molecule has 3 aromatic rings. The second kappa shape index (κ2) is 11.0. The van der Waals surface area contributed by atoms with Crippen molar-refractivity contribution in [1.82, 2.24) is 14.8 Å². The van der Waals surface area contributed by atoms with E-state index in [1.807, 2.05) is 0 Å². The summed E-state index contributed by atoms with van der Waals surface area (Å²) in [5, 5.41) is 23.3. The summed E-state index contributed by atoms with van der Waals surface area (Å²) < 4.78 is 21.3. The summed E-state index contributed by atoms with van der Waals surface area (Å²) in [7, 11) is 1.27. The highest BCUT2D eigenvalue weighted by Gasteiger charge is 2.63. The Morgan fingerprint density at radius 1 is 1.15 bits per heavy atom. The first-order valence-electron chi connectivity index (χ1n) is 12.1. The highest BCUT2D eigenvalue weighted by atomic mass is 35.5. The number of likely N-dealkylation sites (tertiary alicyclic amines) is 1. The Morgan fingerprint density at radius 2 is 1.83 bits per heavy atom. The van der Waals surface area contributed by atoms with E-state index in [4.69, 9.17) is 27.8 Å². The van der Waals surface area contributed by atoms with Crippen LogP contribution in [0.4, 0.5) is 18.8 Å². The van der Waals surface area contributed by atoms with Crippen molar-refractivity contribution in [2.45, 2.75) is 17.9 Å². The van der Waals surface area contributed by atoms with E-state index in [2.05, 4.69) is 5.32 Å². The smallest absolute Gasteiger partial charge is 0.408 e. The topological polar surface area (TPSA) is 207 Å². The van der Waals surface area contributed by atoms with E-state index in [1.54, 1.807) is 0 Å². The number of nitrogens with one attached hydrogen (secondary N) is 1. The predicted molar refractivity (Wildman–Crippen MR) is 142 cm³/mol. The van der Waals surface area contributed by atoms with Gasteiger partial charge >= 0.3 is 24.2 Å². The number of carbonyl (C=O) groups is 5. The van der Waals surface area contributed by atoms with Crippen molar-refractivity contribution in [2.75, 3.05) is 20.2 Å². The molecule has 2 heterocycles. The molecule has 41 heavy (non-hydrogen) atoms. The number of ether oxygens (including phenoxy) is 1. The zero-order valence-electron chi connectivity index (χ0n) is 21.5. The van der Waals surface area contributed by atoms with Gasteiger partial charge in [0.05, 0.1) is 10.5 Å². The molecule has 13 nitrogen and oxygen atoms in total. The number of hydrogen-bond donors (Lipinski definition) is 5. The van der Waals surface area contributed by atoms with Crippen LogP contribution in [0.3, 0.4) is 0 Å². The molecule has 4 amide bonds. The van der Waals surface area contributed by atoms with Gasteiger partial charge in [-0.3, -0.25) is 14.3 Å². The minimum Gasteiger partial charge on any atom is -0.479 e. The normalized spacial score (nSPS) is 19.1. The monoisotopic (exact) mass is 589 g/mol.